The highest BCUT2D eigenvalue weighted by atomic mass is 127. The number of carbonyl (C=O) groups excluding carboxylic acids is 2. The second-order valence-corrected chi connectivity index (χ2v) is 7.34. The molecule has 1 aromatic carbocycles. The van der Waals surface area contributed by atoms with Crippen LogP contribution in [0.2, 0.25) is 0 Å². The van der Waals surface area contributed by atoms with Gasteiger partial charge in [0, 0.05) is 9.99 Å². The molecule has 0 unspecified atom stereocenters. The standard InChI is InChI=1S/C21H23IN2O3/c1-27-21(26)19(14-15-7-5-3-2-4-6-8-15)24-20(25)18(23)13-16-9-11-17(22)12-10-16/h2-12,18-19H,13-14,23H2,1H3,(H,24,25)/b3-2-,4-2?,5-3?,6-4-,7-5-,8-6?,15-7?,15-8+/t18-,19+/m1/s1. The maximum Gasteiger partial charge on any atom is 0.328 e. The van der Waals surface area contributed by atoms with Crippen LogP contribution in [0.25, 0.3) is 0 Å². The number of benzene rings is 1. The van der Waals surface area contributed by atoms with E-state index in [2.05, 4.69) is 27.9 Å². The molecule has 6 heteroatoms. The first-order chi connectivity index (χ1) is 13.0. The highest BCUT2D eigenvalue weighted by Gasteiger charge is 2.25. The van der Waals surface area contributed by atoms with E-state index in [1.54, 1.807) is 0 Å². The fraction of sp³-hybridized carbons (Fsp3) is 0.238. The Kier molecular flexibility index (Phi) is 8.47. The Morgan fingerprint density at radius 3 is 2.44 bits per heavy atom. The third-order valence-corrected chi connectivity index (χ3v) is 4.73. The number of esters is 1. The maximum absolute atomic E-state index is 12.5. The van der Waals surface area contributed by atoms with E-state index < -0.39 is 18.1 Å². The van der Waals surface area contributed by atoms with E-state index in [0.29, 0.717) is 12.8 Å². The number of allylic oxidation sites excluding steroid dienone is 7. The molecular weight excluding hydrogens is 455 g/mol. The summed E-state index contributed by atoms with van der Waals surface area (Å²) in [7, 11) is 1.30. The van der Waals surface area contributed by atoms with Gasteiger partial charge in [0.25, 0.3) is 0 Å². The predicted molar refractivity (Wildman–Crippen MR) is 115 cm³/mol. The summed E-state index contributed by atoms with van der Waals surface area (Å²) < 4.78 is 5.96. The Morgan fingerprint density at radius 1 is 1.07 bits per heavy atom. The number of halogens is 1. The molecule has 1 aliphatic carbocycles. The third-order valence-electron chi connectivity index (χ3n) is 4.01. The van der Waals surface area contributed by atoms with Gasteiger partial charge in [0.2, 0.25) is 5.91 Å². The SMILES string of the molecule is COC(=O)[C@H](CC1=C/C=C\C=C/C=C\1)NC(=O)[C@H](N)Cc1ccc(I)cc1. The first-order valence-corrected chi connectivity index (χ1v) is 9.66. The number of methoxy groups -OCH3 is 1. The number of hydrogen-bond donors (Lipinski definition) is 2. The smallest absolute Gasteiger partial charge is 0.328 e. The van der Waals surface area contributed by atoms with Crippen LogP contribution in [-0.2, 0) is 20.7 Å². The van der Waals surface area contributed by atoms with E-state index in [1.165, 1.54) is 7.11 Å². The van der Waals surface area contributed by atoms with Gasteiger partial charge in [-0.05, 0) is 52.3 Å². The van der Waals surface area contributed by atoms with Crippen molar-refractivity contribution in [3.8, 4) is 0 Å². The number of nitrogens with one attached hydrogen (secondary N) is 1. The number of rotatable bonds is 7. The minimum atomic E-state index is -0.794. The van der Waals surface area contributed by atoms with Gasteiger partial charge >= 0.3 is 5.97 Å². The van der Waals surface area contributed by atoms with Crippen LogP contribution in [0.1, 0.15) is 12.0 Å². The lowest BCUT2D eigenvalue weighted by molar-refractivity contribution is -0.145. The molecule has 5 nitrogen and oxygen atoms in total. The molecule has 3 N–H and O–H groups in total. The van der Waals surface area contributed by atoms with Gasteiger partial charge in [0.1, 0.15) is 6.04 Å². The van der Waals surface area contributed by atoms with Gasteiger partial charge < -0.3 is 15.8 Å². The van der Waals surface area contributed by atoms with Gasteiger partial charge in [0.15, 0.2) is 0 Å². The summed E-state index contributed by atoms with van der Waals surface area (Å²) in [6.07, 6.45) is 14.0. The van der Waals surface area contributed by atoms with Crippen LogP contribution in [-0.4, -0.2) is 31.1 Å². The molecule has 0 heterocycles. The quantitative estimate of drug-likeness (QED) is 0.467. The largest absolute Gasteiger partial charge is 0.467 e. The average molecular weight is 478 g/mol. The zero-order chi connectivity index (χ0) is 19.6. The summed E-state index contributed by atoms with van der Waals surface area (Å²) in [6.45, 7) is 0. The zero-order valence-corrected chi connectivity index (χ0v) is 17.3. The Hall–Kier alpha value is -2.19. The molecule has 2 atom stereocenters. The van der Waals surface area contributed by atoms with Crippen LogP contribution in [0, 0.1) is 3.57 Å². The molecule has 0 saturated heterocycles. The van der Waals surface area contributed by atoms with Gasteiger partial charge in [-0.2, -0.15) is 0 Å². The lowest BCUT2D eigenvalue weighted by Gasteiger charge is -2.20. The van der Waals surface area contributed by atoms with Crippen molar-refractivity contribution in [1.29, 1.82) is 0 Å². The van der Waals surface area contributed by atoms with Gasteiger partial charge in [-0.3, -0.25) is 4.79 Å². The summed E-state index contributed by atoms with van der Waals surface area (Å²) in [6, 6.07) is 6.27. The van der Waals surface area contributed by atoms with Crippen LogP contribution in [0.3, 0.4) is 0 Å². The number of hydrogen-bond acceptors (Lipinski definition) is 4. The van der Waals surface area contributed by atoms with E-state index in [1.807, 2.05) is 66.8 Å². The molecule has 0 spiro atoms. The van der Waals surface area contributed by atoms with E-state index in [-0.39, 0.29) is 5.91 Å². The molecule has 0 aliphatic heterocycles. The summed E-state index contributed by atoms with van der Waals surface area (Å²) in [4.78, 5) is 24.6. The van der Waals surface area contributed by atoms with Crippen LogP contribution < -0.4 is 11.1 Å². The van der Waals surface area contributed by atoms with Gasteiger partial charge in [0.05, 0.1) is 13.2 Å². The van der Waals surface area contributed by atoms with Crippen molar-refractivity contribution >= 4 is 34.5 Å². The lowest BCUT2D eigenvalue weighted by Crippen LogP contribution is -2.49. The summed E-state index contributed by atoms with van der Waals surface area (Å²) in [5.74, 6) is -0.879. The molecule has 1 amide bonds. The number of amides is 1. The van der Waals surface area contributed by atoms with Gasteiger partial charge in [-0.15, -0.1) is 0 Å². The molecule has 0 aromatic heterocycles. The van der Waals surface area contributed by atoms with Crippen molar-refractivity contribution in [2.75, 3.05) is 7.11 Å². The predicted octanol–water partition coefficient (Wildman–Crippen LogP) is 2.82. The van der Waals surface area contributed by atoms with Crippen molar-refractivity contribution < 1.29 is 14.3 Å². The molecule has 0 radical (unpaired) electrons. The second kappa shape index (κ2) is 10.8. The minimum Gasteiger partial charge on any atom is -0.467 e. The highest BCUT2D eigenvalue weighted by molar-refractivity contribution is 14.1. The van der Waals surface area contributed by atoms with Crippen LogP contribution in [0.5, 0.6) is 0 Å². The number of ether oxygens (including phenoxy) is 1. The topological polar surface area (TPSA) is 81.4 Å². The normalized spacial score (nSPS) is 20.8. The lowest BCUT2D eigenvalue weighted by atomic mass is 10.0. The maximum atomic E-state index is 12.5. The zero-order valence-electron chi connectivity index (χ0n) is 15.1. The van der Waals surface area contributed by atoms with Crippen molar-refractivity contribution in [3.05, 3.63) is 81.5 Å². The average Bonchev–Trinajstić information content (AvgIpc) is 2.64. The Morgan fingerprint density at radius 2 is 1.74 bits per heavy atom. The number of nitrogens with two attached hydrogens (primary N) is 1. The molecule has 27 heavy (non-hydrogen) atoms. The summed E-state index contributed by atoms with van der Waals surface area (Å²) in [5.41, 5.74) is 7.91. The van der Waals surface area contributed by atoms with Crippen LogP contribution in [0.15, 0.2) is 72.4 Å². The van der Waals surface area contributed by atoms with Crippen molar-refractivity contribution in [2.45, 2.75) is 24.9 Å². The molecule has 0 saturated carbocycles. The monoisotopic (exact) mass is 478 g/mol. The van der Waals surface area contributed by atoms with Crippen molar-refractivity contribution in [3.63, 3.8) is 0 Å². The Labute approximate surface area is 173 Å². The molecule has 2 rings (SSSR count). The molecular formula is C21H23IN2O3. The van der Waals surface area contributed by atoms with E-state index >= 15 is 0 Å². The summed E-state index contributed by atoms with van der Waals surface area (Å²) >= 11 is 2.22. The molecule has 142 valence electrons. The molecule has 1 aromatic rings. The minimum absolute atomic E-state index is 0.323. The fourth-order valence-corrected chi connectivity index (χ4v) is 2.92. The van der Waals surface area contributed by atoms with E-state index in [4.69, 9.17) is 10.5 Å². The number of carbonyl (C=O) groups is 2. The summed E-state index contributed by atoms with van der Waals surface area (Å²) in [5, 5.41) is 2.73. The second-order valence-electron chi connectivity index (χ2n) is 6.10. The van der Waals surface area contributed by atoms with Crippen molar-refractivity contribution in [1.82, 2.24) is 5.32 Å². The van der Waals surface area contributed by atoms with Crippen molar-refractivity contribution in [2.24, 2.45) is 5.73 Å². The van der Waals surface area contributed by atoms with Gasteiger partial charge in [-0.1, -0.05) is 54.7 Å². The molecule has 0 fully saturated rings. The van der Waals surface area contributed by atoms with E-state index in [9.17, 15) is 9.59 Å². The third kappa shape index (κ3) is 7.15. The fourth-order valence-electron chi connectivity index (χ4n) is 2.56. The molecule has 0 bridgehead atoms. The first-order valence-electron chi connectivity index (χ1n) is 8.58. The van der Waals surface area contributed by atoms with Crippen LogP contribution in [0.4, 0.5) is 0 Å². The first kappa shape index (κ1) is 21.1. The molecule has 1 aliphatic rings. The Balaban J connectivity index is 2.02. The highest BCUT2D eigenvalue weighted by Crippen LogP contribution is 2.12. The van der Waals surface area contributed by atoms with E-state index in [0.717, 1.165) is 14.7 Å². The Bertz CT molecular complexity index is 779. The van der Waals surface area contributed by atoms with Crippen LogP contribution >= 0.6 is 22.6 Å². The van der Waals surface area contributed by atoms with Gasteiger partial charge in [-0.25, -0.2) is 4.79 Å².